The average molecular weight is 358 g/mol. The lowest BCUT2D eigenvalue weighted by molar-refractivity contribution is -0.913. The first-order chi connectivity index (χ1) is 12.2. The molecule has 1 aromatic carbocycles. The Kier molecular flexibility index (Phi) is 3.39. The summed E-state index contributed by atoms with van der Waals surface area (Å²) in [4.78, 5) is 15.7. The van der Waals surface area contributed by atoms with Gasteiger partial charge in [0.15, 0.2) is 11.5 Å². The topological polar surface area (TPSA) is 64.0 Å². The molecule has 3 N–H and O–H groups in total. The van der Waals surface area contributed by atoms with Gasteiger partial charge in [0.05, 0.1) is 23.5 Å². The van der Waals surface area contributed by atoms with Crippen LogP contribution in [0.2, 0.25) is 0 Å². The summed E-state index contributed by atoms with van der Waals surface area (Å²) < 4.78 is 10.8. The maximum Gasteiger partial charge on any atom is 0.256 e. The van der Waals surface area contributed by atoms with Crippen molar-refractivity contribution in [2.45, 2.75) is 26.1 Å². The summed E-state index contributed by atoms with van der Waals surface area (Å²) in [7, 11) is 0. The van der Waals surface area contributed by atoms with E-state index in [1.165, 1.54) is 10.4 Å². The molecule has 4 heterocycles. The number of carbonyl (C=O) groups excluding carboxylic acids is 1. The van der Waals surface area contributed by atoms with Crippen molar-refractivity contribution in [3.05, 3.63) is 39.8 Å². The molecule has 0 saturated carbocycles. The van der Waals surface area contributed by atoms with Crippen molar-refractivity contribution in [3.63, 3.8) is 0 Å². The first-order valence-corrected chi connectivity index (χ1v) is 9.49. The Balaban J connectivity index is 1.47. The van der Waals surface area contributed by atoms with Gasteiger partial charge < -0.3 is 25.0 Å². The molecule has 6 nitrogen and oxygen atoms in total. The third-order valence-corrected chi connectivity index (χ3v) is 6.40. The number of carbonyl (C=O) groups is 1. The van der Waals surface area contributed by atoms with Gasteiger partial charge in [-0.25, -0.2) is 0 Å². The van der Waals surface area contributed by atoms with Crippen LogP contribution in [0, 0.1) is 0 Å². The van der Waals surface area contributed by atoms with Crippen LogP contribution < -0.4 is 25.0 Å². The van der Waals surface area contributed by atoms with Crippen molar-refractivity contribution in [2.24, 2.45) is 0 Å². The molecular formula is C18H20N3O3S+. The maximum absolute atomic E-state index is 12.8. The second-order valence-corrected chi connectivity index (χ2v) is 7.76. The van der Waals surface area contributed by atoms with Crippen molar-refractivity contribution in [1.29, 1.82) is 0 Å². The van der Waals surface area contributed by atoms with Gasteiger partial charge in [0.1, 0.15) is 17.7 Å². The van der Waals surface area contributed by atoms with E-state index in [9.17, 15) is 4.79 Å². The first-order valence-electron chi connectivity index (χ1n) is 8.68. The fraction of sp³-hybridized carbons (Fsp3) is 0.389. The monoisotopic (exact) mass is 358 g/mol. The maximum atomic E-state index is 12.8. The Morgan fingerprint density at radius 3 is 3.04 bits per heavy atom. The molecule has 1 aromatic heterocycles. The van der Waals surface area contributed by atoms with Crippen molar-refractivity contribution in [1.82, 2.24) is 5.32 Å². The van der Waals surface area contributed by atoms with Crippen LogP contribution >= 0.6 is 11.3 Å². The number of quaternary nitrogens is 1. The van der Waals surface area contributed by atoms with Gasteiger partial charge in [-0.05, 0) is 30.2 Å². The molecule has 130 valence electrons. The van der Waals surface area contributed by atoms with Crippen LogP contribution in [0.4, 0.5) is 5.00 Å². The van der Waals surface area contributed by atoms with E-state index < -0.39 is 0 Å². The number of hydrogen-bond acceptors (Lipinski definition) is 5. The van der Waals surface area contributed by atoms with E-state index in [1.54, 1.807) is 16.2 Å². The number of ether oxygens (including phenoxy) is 2. The number of hydrogen-bond donors (Lipinski definition) is 3. The van der Waals surface area contributed by atoms with E-state index in [2.05, 4.69) is 17.6 Å². The summed E-state index contributed by atoms with van der Waals surface area (Å²) in [5.74, 6) is 1.50. The number of thiophene rings is 1. The number of nitrogens with one attached hydrogen (secondary N) is 3. The lowest BCUT2D eigenvalue weighted by atomic mass is 10.0. The third-order valence-electron chi connectivity index (χ3n) is 5.24. The lowest BCUT2D eigenvalue weighted by Crippen LogP contribution is -3.11. The van der Waals surface area contributed by atoms with Crippen LogP contribution in [0.5, 0.6) is 11.5 Å². The van der Waals surface area contributed by atoms with Crippen molar-refractivity contribution in [2.75, 3.05) is 25.2 Å². The number of amides is 1. The van der Waals surface area contributed by atoms with Crippen LogP contribution in [0.3, 0.4) is 0 Å². The van der Waals surface area contributed by atoms with Gasteiger partial charge in [0, 0.05) is 6.42 Å². The van der Waals surface area contributed by atoms with Crippen LogP contribution in [0.1, 0.15) is 39.5 Å². The minimum atomic E-state index is -0.246. The predicted octanol–water partition coefficient (Wildman–Crippen LogP) is 1.29. The highest BCUT2D eigenvalue weighted by Gasteiger charge is 2.34. The van der Waals surface area contributed by atoms with Crippen LogP contribution in [0.25, 0.3) is 0 Å². The fourth-order valence-electron chi connectivity index (χ4n) is 3.81. The number of anilines is 1. The van der Waals surface area contributed by atoms with Crippen LogP contribution in [-0.4, -0.2) is 25.8 Å². The van der Waals surface area contributed by atoms with Crippen molar-refractivity contribution >= 4 is 22.2 Å². The summed E-state index contributed by atoms with van der Waals surface area (Å²) in [6.07, 6.45) is 0.734. The second-order valence-electron chi connectivity index (χ2n) is 6.65. The highest BCUT2D eigenvalue weighted by molar-refractivity contribution is 7.16. The van der Waals surface area contributed by atoms with E-state index in [0.29, 0.717) is 0 Å². The van der Waals surface area contributed by atoms with E-state index >= 15 is 0 Å². The van der Waals surface area contributed by atoms with Gasteiger partial charge in [0.2, 0.25) is 6.79 Å². The number of fused-ring (bicyclic) bond motifs is 4. The smallest absolute Gasteiger partial charge is 0.256 e. The van der Waals surface area contributed by atoms with Crippen LogP contribution in [0.15, 0.2) is 18.2 Å². The van der Waals surface area contributed by atoms with Gasteiger partial charge in [-0.2, -0.15) is 0 Å². The quantitative estimate of drug-likeness (QED) is 0.757. The molecule has 7 heteroatoms. The number of benzene rings is 1. The van der Waals surface area contributed by atoms with Crippen molar-refractivity contribution < 1.29 is 19.2 Å². The van der Waals surface area contributed by atoms with Gasteiger partial charge >= 0.3 is 0 Å². The average Bonchev–Trinajstić information content (AvgIpc) is 3.24. The molecule has 1 unspecified atom stereocenters. The largest absolute Gasteiger partial charge is 0.454 e. The second kappa shape index (κ2) is 5.64. The summed E-state index contributed by atoms with van der Waals surface area (Å²) in [6.45, 7) is 5.72. The molecule has 0 fully saturated rings. The molecule has 3 aliphatic rings. The molecule has 0 bridgehead atoms. The zero-order valence-electron chi connectivity index (χ0n) is 14.0. The summed E-state index contributed by atoms with van der Waals surface area (Å²) in [5.41, 5.74) is 3.06. The summed E-state index contributed by atoms with van der Waals surface area (Å²) >= 11 is 1.74. The Hall–Kier alpha value is -2.25. The van der Waals surface area contributed by atoms with E-state index in [-0.39, 0.29) is 18.9 Å². The van der Waals surface area contributed by atoms with E-state index in [4.69, 9.17) is 9.47 Å². The molecule has 1 amide bonds. The van der Waals surface area contributed by atoms with E-state index in [1.807, 2.05) is 18.2 Å². The predicted molar refractivity (Wildman–Crippen MR) is 94.5 cm³/mol. The third kappa shape index (κ3) is 2.38. The Morgan fingerprint density at radius 2 is 2.16 bits per heavy atom. The Labute approximate surface area is 149 Å². The van der Waals surface area contributed by atoms with Crippen molar-refractivity contribution in [3.8, 4) is 11.5 Å². The molecule has 3 aliphatic heterocycles. The normalized spacial score (nSPS) is 23.5. The molecule has 2 atom stereocenters. The number of likely N-dealkylation sites (N-methyl/N-ethyl adjacent to an activating group) is 1. The van der Waals surface area contributed by atoms with Gasteiger partial charge in [-0.3, -0.25) is 4.79 Å². The SMILES string of the molecule is CC[NH+]1CCc2c(sc3c2C(=O)N[C@H](c2ccc4c(c2)OCO4)N3)C1. The summed E-state index contributed by atoms with van der Waals surface area (Å²) in [6, 6.07) is 5.79. The van der Waals surface area contributed by atoms with Crippen LogP contribution in [-0.2, 0) is 13.0 Å². The minimum Gasteiger partial charge on any atom is -0.454 e. The molecule has 2 aromatic rings. The Bertz CT molecular complexity index is 863. The molecule has 0 saturated heterocycles. The zero-order valence-corrected chi connectivity index (χ0v) is 14.8. The highest BCUT2D eigenvalue weighted by Crippen LogP contribution is 2.40. The molecule has 25 heavy (non-hydrogen) atoms. The Morgan fingerprint density at radius 1 is 1.28 bits per heavy atom. The molecular weight excluding hydrogens is 338 g/mol. The van der Waals surface area contributed by atoms with Gasteiger partial charge in [-0.15, -0.1) is 11.3 Å². The zero-order chi connectivity index (χ0) is 17.0. The fourth-order valence-corrected chi connectivity index (χ4v) is 5.15. The molecule has 0 aliphatic carbocycles. The van der Waals surface area contributed by atoms with Gasteiger partial charge in [-0.1, -0.05) is 6.07 Å². The molecule has 0 radical (unpaired) electrons. The summed E-state index contributed by atoms with van der Waals surface area (Å²) in [5, 5.41) is 7.60. The highest BCUT2D eigenvalue weighted by atomic mass is 32.1. The minimum absolute atomic E-state index is 0.0221. The first kappa shape index (κ1) is 15.0. The number of rotatable bonds is 2. The standard InChI is InChI=1S/C18H19N3O3S/c1-2-21-6-5-11-14(8-21)25-18-15(11)17(22)19-16(20-18)10-3-4-12-13(7-10)24-9-23-12/h3-4,7,16,20H,2,5-6,8-9H2,1H3,(H,19,22)/p+1/t16-/m0/s1. The molecule has 5 rings (SSSR count). The molecule has 0 spiro atoms. The van der Waals surface area contributed by atoms with E-state index in [0.717, 1.165) is 53.7 Å². The lowest BCUT2D eigenvalue weighted by Gasteiger charge is -2.27. The van der Waals surface area contributed by atoms with Gasteiger partial charge in [0.25, 0.3) is 5.91 Å².